The van der Waals surface area contributed by atoms with Crippen molar-refractivity contribution in [1.82, 2.24) is 24.1 Å². The van der Waals surface area contributed by atoms with Crippen LogP contribution in [-0.4, -0.2) is 37.4 Å². The summed E-state index contributed by atoms with van der Waals surface area (Å²) in [7, 11) is 0. The molecule has 0 N–H and O–H groups in total. The van der Waals surface area contributed by atoms with Gasteiger partial charge in [0.05, 0.1) is 30.9 Å². The highest BCUT2D eigenvalue weighted by Crippen LogP contribution is 2.33. The maximum atomic E-state index is 5.66. The van der Waals surface area contributed by atoms with Gasteiger partial charge in [-0.15, -0.1) is 10.2 Å². The summed E-state index contributed by atoms with van der Waals surface area (Å²) in [6, 6.07) is 16.3. The Morgan fingerprint density at radius 1 is 1.04 bits per heavy atom. The van der Waals surface area contributed by atoms with Crippen LogP contribution in [0.2, 0.25) is 0 Å². The second-order valence-corrected chi connectivity index (χ2v) is 6.58. The molecule has 1 atom stereocenters. The molecule has 1 fully saturated rings. The molecule has 4 aromatic rings. The summed E-state index contributed by atoms with van der Waals surface area (Å²) >= 11 is 0. The van der Waals surface area contributed by atoms with Gasteiger partial charge in [0.15, 0.2) is 11.5 Å². The van der Waals surface area contributed by atoms with Crippen molar-refractivity contribution in [1.29, 1.82) is 0 Å². The average Bonchev–Trinajstić information content (AvgIpc) is 3.43. The molecule has 130 valence electrons. The minimum Gasteiger partial charge on any atom is -0.381 e. The topological polar surface area (TPSA) is 57.2 Å². The Kier molecular flexibility index (Phi) is 3.75. The zero-order chi connectivity index (χ0) is 17.3. The van der Waals surface area contributed by atoms with Gasteiger partial charge in [-0.2, -0.15) is 0 Å². The van der Waals surface area contributed by atoms with Crippen LogP contribution in [0.15, 0.2) is 61.1 Å². The van der Waals surface area contributed by atoms with Crippen molar-refractivity contribution in [2.24, 2.45) is 0 Å². The van der Waals surface area contributed by atoms with E-state index >= 15 is 0 Å². The lowest BCUT2D eigenvalue weighted by Crippen LogP contribution is -2.11. The predicted octanol–water partition coefficient (Wildman–Crippen LogP) is 3.15. The van der Waals surface area contributed by atoms with Crippen molar-refractivity contribution in [2.75, 3.05) is 13.2 Å². The Labute approximate surface area is 151 Å². The number of aromatic nitrogens is 5. The fraction of sp³-hybridized carbons (Fsp3) is 0.250. The van der Waals surface area contributed by atoms with Gasteiger partial charge in [-0.25, -0.2) is 4.98 Å². The van der Waals surface area contributed by atoms with E-state index < -0.39 is 0 Å². The van der Waals surface area contributed by atoms with Gasteiger partial charge in [0.1, 0.15) is 0 Å². The Bertz CT molecular complexity index is 1030. The van der Waals surface area contributed by atoms with Gasteiger partial charge in [-0.3, -0.25) is 4.40 Å². The van der Waals surface area contributed by atoms with E-state index in [-0.39, 0.29) is 0 Å². The van der Waals surface area contributed by atoms with E-state index in [4.69, 9.17) is 9.72 Å². The molecule has 0 bridgehead atoms. The highest BCUT2D eigenvalue weighted by Gasteiger charge is 2.26. The fourth-order valence-electron chi connectivity index (χ4n) is 3.67. The summed E-state index contributed by atoms with van der Waals surface area (Å²) in [5, 5.41) is 8.63. The Balaban J connectivity index is 1.59. The summed E-state index contributed by atoms with van der Waals surface area (Å²) < 4.78 is 9.88. The van der Waals surface area contributed by atoms with Crippen LogP contribution < -0.4 is 0 Å². The lowest BCUT2D eigenvalue weighted by atomic mass is 9.99. The lowest BCUT2D eigenvalue weighted by Gasteiger charge is -2.14. The second kappa shape index (κ2) is 6.38. The third-order valence-electron chi connectivity index (χ3n) is 4.94. The van der Waals surface area contributed by atoms with E-state index in [1.807, 2.05) is 41.2 Å². The van der Waals surface area contributed by atoms with Gasteiger partial charge < -0.3 is 9.30 Å². The Hall–Kier alpha value is -2.99. The van der Waals surface area contributed by atoms with Gasteiger partial charge in [-0.1, -0.05) is 36.4 Å². The third-order valence-corrected chi connectivity index (χ3v) is 4.94. The third kappa shape index (κ3) is 2.59. The van der Waals surface area contributed by atoms with Gasteiger partial charge in [0, 0.05) is 24.3 Å². The minimum absolute atomic E-state index is 0.354. The zero-order valence-electron chi connectivity index (χ0n) is 14.3. The van der Waals surface area contributed by atoms with Crippen molar-refractivity contribution >= 4 is 5.65 Å². The highest BCUT2D eigenvalue weighted by atomic mass is 16.5. The quantitative estimate of drug-likeness (QED) is 0.570. The van der Waals surface area contributed by atoms with E-state index in [0.717, 1.165) is 42.4 Å². The fourth-order valence-corrected chi connectivity index (χ4v) is 3.67. The molecule has 0 saturated carbocycles. The Morgan fingerprint density at radius 2 is 1.92 bits per heavy atom. The molecule has 1 saturated heterocycles. The first kappa shape index (κ1) is 15.3. The summed E-state index contributed by atoms with van der Waals surface area (Å²) in [4.78, 5) is 4.74. The molecule has 5 rings (SSSR count). The van der Waals surface area contributed by atoms with Crippen LogP contribution in [-0.2, 0) is 11.3 Å². The largest absolute Gasteiger partial charge is 0.381 e. The maximum Gasteiger partial charge on any atom is 0.160 e. The molecular formula is C20H19N5O. The van der Waals surface area contributed by atoms with Gasteiger partial charge in [0.2, 0.25) is 0 Å². The molecule has 0 spiro atoms. The van der Waals surface area contributed by atoms with Crippen molar-refractivity contribution in [3.8, 4) is 11.3 Å². The number of fused-ring (bicyclic) bond motifs is 1. The molecule has 0 radical (unpaired) electrons. The van der Waals surface area contributed by atoms with Crippen LogP contribution in [0.1, 0.15) is 23.9 Å². The van der Waals surface area contributed by atoms with E-state index in [1.165, 1.54) is 5.69 Å². The summed E-state index contributed by atoms with van der Waals surface area (Å²) in [5.74, 6) is 1.25. The predicted molar refractivity (Wildman–Crippen MR) is 97.9 cm³/mol. The number of imidazole rings is 1. The van der Waals surface area contributed by atoms with Crippen LogP contribution in [0.3, 0.4) is 0 Å². The van der Waals surface area contributed by atoms with Crippen LogP contribution in [0.4, 0.5) is 0 Å². The number of nitrogens with zero attached hydrogens (tertiary/aromatic N) is 5. The number of hydrogen-bond acceptors (Lipinski definition) is 4. The molecule has 3 aromatic heterocycles. The molecule has 1 aliphatic rings. The normalized spacial score (nSPS) is 17.2. The SMILES string of the molecule is c1ccc(-c2ncn(Cc3nnc4ccccn34)c2[C@H]2CCOC2)cc1. The smallest absolute Gasteiger partial charge is 0.160 e. The van der Waals surface area contributed by atoms with Gasteiger partial charge in [-0.05, 0) is 18.6 Å². The number of benzene rings is 1. The molecule has 4 heterocycles. The first-order valence-corrected chi connectivity index (χ1v) is 8.87. The van der Waals surface area contributed by atoms with Crippen molar-refractivity contribution < 1.29 is 4.74 Å². The molecule has 26 heavy (non-hydrogen) atoms. The van der Waals surface area contributed by atoms with Crippen LogP contribution in [0.25, 0.3) is 16.9 Å². The van der Waals surface area contributed by atoms with Crippen LogP contribution in [0.5, 0.6) is 0 Å². The standard InChI is InChI=1S/C20H19N5O/c1-2-6-15(7-3-1)19-20(16-9-11-26-13-16)24(14-21-19)12-18-23-22-17-8-4-5-10-25(17)18/h1-8,10,14,16H,9,11-13H2/t16-/m0/s1. The summed E-state index contributed by atoms with van der Waals surface area (Å²) in [5.41, 5.74) is 4.26. The number of ether oxygens (including phenoxy) is 1. The highest BCUT2D eigenvalue weighted by molar-refractivity contribution is 5.62. The van der Waals surface area contributed by atoms with Crippen molar-refractivity contribution in [3.05, 3.63) is 72.6 Å². The van der Waals surface area contributed by atoms with Crippen LogP contribution >= 0.6 is 0 Å². The van der Waals surface area contributed by atoms with Gasteiger partial charge >= 0.3 is 0 Å². The molecule has 6 nitrogen and oxygen atoms in total. The number of pyridine rings is 1. The van der Waals surface area contributed by atoms with Crippen molar-refractivity contribution in [3.63, 3.8) is 0 Å². The average molecular weight is 345 g/mol. The summed E-state index contributed by atoms with van der Waals surface area (Å²) in [6.07, 6.45) is 4.93. The molecule has 0 unspecified atom stereocenters. The molecule has 0 aliphatic carbocycles. The zero-order valence-corrected chi connectivity index (χ0v) is 14.3. The summed E-state index contributed by atoms with van der Waals surface area (Å²) in [6.45, 7) is 2.18. The number of rotatable bonds is 4. The molecule has 0 amide bonds. The molecule has 1 aliphatic heterocycles. The second-order valence-electron chi connectivity index (χ2n) is 6.58. The minimum atomic E-state index is 0.354. The van der Waals surface area contributed by atoms with E-state index in [0.29, 0.717) is 12.5 Å². The van der Waals surface area contributed by atoms with E-state index in [9.17, 15) is 0 Å². The lowest BCUT2D eigenvalue weighted by molar-refractivity contribution is 0.193. The molecular weight excluding hydrogens is 326 g/mol. The Morgan fingerprint density at radius 3 is 2.77 bits per heavy atom. The van der Waals surface area contributed by atoms with Crippen molar-refractivity contribution in [2.45, 2.75) is 18.9 Å². The monoisotopic (exact) mass is 345 g/mol. The first-order valence-electron chi connectivity index (χ1n) is 8.87. The molecule has 1 aromatic carbocycles. The van der Waals surface area contributed by atoms with Gasteiger partial charge in [0.25, 0.3) is 0 Å². The van der Waals surface area contributed by atoms with Crippen LogP contribution in [0, 0.1) is 0 Å². The number of hydrogen-bond donors (Lipinski definition) is 0. The first-order chi connectivity index (χ1) is 12.9. The van der Waals surface area contributed by atoms with E-state index in [1.54, 1.807) is 0 Å². The maximum absolute atomic E-state index is 5.66. The van der Waals surface area contributed by atoms with E-state index in [2.05, 4.69) is 39.0 Å². The molecule has 6 heteroatoms.